The summed E-state index contributed by atoms with van der Waals surface area (Å²) >= 11 is 6.09. The molecule has 0 aliphatic heterocycles. The first-order chi connectivity index (χ1) is 16.3. The molecule has 10 nitrogen and oxygen atoms in total. The molecule has 0 aliphatic rings. The maximum atomic E-state index is 14.1. The Bertz CT molecular complexity index is 1350. The summed E-state index contributed by atoms with van der Waals surface area (Å²) in [4.78, 5) is 23.1. The van der Waals surface area contributed by atoms with Crippen molar-refractivity contribution in [3.8, 4) is 5.75 Å². The van der Waals surface area contributed by atoms with Crippen LogP contribution in [0.25, 0.3) is 0 Å². The Morgan fingerprint density at radius 2 is 2.00 bits per heavy atom. The van der Waals surface area contributed by atoms with Crippen LogP contribution in [0.15, 0.2) is 60.8 Å². The third-order valence-corrected chi connectivity index (χ3v) is 5.23. The minimum absolute atomic E-state index is 0.0879. The van der Waals surface area contributed by atoms with E-state index in [0.717, 1.165) is 0 Å². The van der Waals surface area contributed by atoms with E-state index in [9.17, 15) is 19.3 Å². The molecule has 0 aliphatic carbocycles. The molecule has 1 amide bonds. The molecule has 1 N–H and O–H groups in total. The normalized spacial score (nSPS) is 10.8. The topological polar surface area (TPSA) is 117 Å². The van der Waals surface area contributed by atoms with Crippen molar-refractivity contribution in [1.29, 1.82) is 0 Å². The van der Waals surface area contributed by atoms with E-state index in [1.165, 1.54) is 52.0 Å². The fraction of sp³-hybridized carbons (Fsp3) is 0.136. The molecule has 2 aromatic carbocycles. The summed E-state index contributed by atoms with van der Waals surface area (Å²) in [6.45, 7) is 1.74. The lowest BCUT2D eigenvalue weighted by Crippen LogP contribution is -2.15. The molecule has 0 atom stereocenters. The molecule has 0 radical (unpaired) electrons. The van der Waals surface area contributed by atoms with Gasteiger partial charge < -0.3 is 10.1 Å². The van der Waals surface area contributed by atoms with Crippen LogP contribution < -0.4 is 10.1 Å². The average Bonchev–Trinajstić information content (AvgIpc) is 3.41. The molecule has 4 rings (SSSR count). The Morgan fingerprint density at radius 1 is 1.21 bits per heavy atom. The van der Waals surface area contributed by atoms with E-state index < -0.39 is 16.6 Å². The van der Waals surface area contributed by atoms with Crippen molar-refractivity contribution in [2.24, 2.45) is 0 Å². The van der Waals surface area contributed by atoms with Crippen molar-refractivity contribution in [1.82, 2.24) is 19.6 Å². The lowest BCUT2D eigenvalue weighted by Gasteiger charge is -2.07. The number of hydrogen-bond acceptors (Lipinski definition) is 6. The number of nitrogens with one attached hydrogen (secondary N) is 1. The molecule has 174 valence electrons. The molecule has 4 aromatic rings. The van der Waals surface area contributed by atoms with Gasteiger partial charge in [0.2, 0.25) is 0 Å². The van der Waals surface area contributed by atoms with Gasteiger partial charge in [0.25, 0.3) is 5.91 Å². The minimum Gasteiger partial charge on any atom is -0.464 e. The highest BCUT2D eigenvalue weighted by atomic mass is 35.5. The number of nitro groups is 1. The molecule has 12 heteroatoms. The molecule has 34 heavy (non-hydrogen) atoms. The zero-order valence-electron chi connectivity index (χ0n) is 17.8. The molecule has 2 aromatic heterocycles. The van der Waals surface area contributed by atoms with Gasteiger partial charge in [-0.3, -0.25) is 19.6 Å². The van der Waals surface area contributed by atoms with Gasteiger partial charge in [-0.15, -0.1) is 0 Å². The van der Waals surface area contributed by atoms with E-state index in [4.69, 9.17) is 16.3 Å². The van der Waals surface area contributed by atoms with Gasteiger partial charge in [-0.05, 0) is 31.2 Å². The highest BCUT2D eigenvalue weighted by Gasteiger charge is 2.16. The van der Waals surface area contributed by atoms with Crippen LogP contribution >= 0.6 is 11.6 Å². The summed E-state index contributed by atoms with van der Waals surface area (Å²) in [5.74, 6) is -0.606. The number of amides is 1. The number of anilines is 1. The first-order valence-electron chi connectivity index (χ1n) is 10.00. The van der Waals surface area contributed by atoms with Crippen LogP contribution in [0.2, 0.25) is 5.02 Å². The van der Waals surface area contributed by atoms with Gasteiger partial charge in [-0.1, -0.05) is 29.8 Å². The summed E-state index contributed by atoms with van der Waals surface area (Å²) in [6, 6.07) is 13.5. The van der Waals surface area contributed by atoms with Gasteiger partial charge >= 0.3 is 5.69 Å². The van der Waals surface area contributed by atoms with Gasteiger partial charge in [0.1, 0.15) is 5.82 Å². The number of aromatic nitrogens is 4. The van der Waals surface area contributed by atoms with Gasteiger partial charge in [0.05, 0.1) is 11.5 Å². The van der Waals surface area contributed by atoms with E-state index in [-0.39, 0.29) is 41.2 Å². The third-order valence-electron chi connectivity index (χ3n) is 4.88. The molecule has 0 saturated heterocycles. The quantitative estimate of drug-likeness (QED) is 0.292. The van der Waals surface area contributed by atoms with Crippen LogP contribution in [-0.4, -0.2) is 30.4 Å². The Morgan fingerprint density at radius 3 is 2.76 bits per heavy atom. The summed E-state index contributed by atoms with van der Waals surface area (Å²) in [6.07, 6.45) is 1.51. The van der Waals surface area contributed by atoms with Crippen molar-refractivity contribution >= 4 is 29.0 Å². The molecular formula is C22H18ClFN6O4. The summed E-state index contributed by atoms with van der Waals surface area (Å²) in [5.41, 5.74) is 0.911. The first-order valence-corrected chi connectivity index (χ1v) is 10.4. The maximum absolute atomic E-state index is 14.1. The van der Waals surface area contributed by atoms with Crippen LogP contribution in [0.3, 0.4) is 0 Å². The number of rotatable bonds is 8. The summed E-state index contributed by atoms with van der Waals surface area (Å²) in [5, 5.41) is 22.4. The lowest BCUT2D eigenvalue weighted by atomic mass is 10.2. The van der Waals surface area contributed by atoms with Gasteiger partial charge in [-0.25, -0.2) is 9.07 Å². The van der Waals surface area contributed by atoms with Crippen molar-refractivity contribution in [2.75, 3.05) is 5.32 Å². The van der Waals surface area contributed by atoms with Crippen molar-refractivity contribution in [2.45, 2.75) is 20.2 Å². The summed E-state index contributed by atoms with van der Waals surface area (Å²) in [7, 11) is 0. The van der Waals surface area contributed by atoms with Crippen LogP contribution in [0.1, 0.15) is 21.7 Å². The van der Waals surface area contributed by atoms with Gasteiger partial charge in [0.15, 0.2) is 24.0 Å². The van der Waals surface area contributed by atoms with E-state index >= 15 is 0 Å². The predicted octanol–water partition coefficient (Wildman–Crippen LogP) is 4.43. The number of ether oxygens (including phenoxy) is 1. The second kappa shape index (κ2) is 9.71. The highest BCUT2D eigenvalue weighted by Crippen LogP contribution is 2.26. The molecule has 0 unspecified atom stereocenters. The number of hydrogen-bond donors (Lipinski definition) is 1. The molecule has 0 bridgehead atoms. The third kappa shape index (κ3) is 5.04. The Hall–Kier alpha value is -4.25. The van der Waals surface area contributed by atoms with E-state index in [0.29, 0.717) is 11.3 Å². The molecule has 0 spiro atoms. The Labute approximate surface area is 197 Å². The largest absolute Gasteiger partial charge is 0.464 e. The average molecular weight is 485 g/mol. The number of carbonyl (C=O) groups excluding carboxylic acids is 1. The van der Waals surface area contributed by atoms with Gasteiger partial charge in [-0.2, -0.15) is 10.2 Å². The number of benzene rings is 2. The number of halogens is 2. The number of nitrogens with zero attached hydrogens (tertiary/aromatic N) is 5. The van der Waals surface area contributed by atoms with Crippen molar-refractivity contribution < 1.29 is 18.8 Å². The Balaban J connectivity index is 1.41. The number of nitro benzene ring substituents is 1. The number of carbonyl (C=O) groups is 1. The van der Waals surface area contributed by atoms with Crippen LogP contribution in [0.4, 0.5) is 15.9 Å². The van der Waals surface area contributed by atoms with Gasteiger partial charge in [0, 0.05) is 34.6 Å². The van der Waals surface area contributed by atoms with Crippen molar-refractivity contribution in [3.63, 3.8) is 0 Å². The first kappa shape index (κ1) is 22.9. The summed E-state index contributed by atoms with van der Waals surface area (Å²) < 4.78 is 22.4. The monoisotopic (exact) mass is 484 g/mol. The van der Waals surface area contributed by atoms with E-state index in [1.54, 1.807) is 25.1 Å². The fourth-order valence-corrected chi connectivity index (χ4v) is 3.39. The van der Waals surface area contributed by atoms with Crippen molar-refractivity contribution in [3.05, 3.63) is 98.7 Å². The molecule has 0 saturated carbocycles. The second-order valence-corrected chi connectivity index (χ2v) is 7.63. The van der Waals surface area contributed by atoms with E-state index in [2.05, 4.69) is 15.5 Å². The van der Waals surface area contributed by atoms with E-state index in [1.807, 2.05) is 0 Å². The number of aryl methyl sites for hydroxylation is 1. The minimum atomic E-state index is -0.543. The smallest absolute Gasteiger partial charge is 0.311 e. The van der Waals surface area contributed by atoms with Crippen LogP contribution in [0.5, 0.6) is 5.75 Å². The fourth-order valence-electron chi connectivity index (χ4n) is 3.17. The number of para-hydroxylation sites is 2. The van der Waals surface area contributed by atoms with Crippen LogP contribution in [0, 0.1) is 22.9 Å². The predicted molar refractivity (Wildman–Crippen MR) is 121 cm³/mol. The maximum Gasteiger partial charge on any atom is 0.311 e. The van der Waals surface area contributed by atoms with Crippen LogP contribution in [-0.2, 0) is 13.3 Å². The second-order valence-electron chi connectivity index (χ2n) is 7.22. The SMILES string of the molecule is Cc1cc(NC(=O)c2ccn(COc3ccccc3[N+](=O)[O-])n2)nn1Cc1c(F)cccc1Cl. The Kier molecular flexibility index (Phi) is 6.55. The molecular weight excluding hydrogens is 467 g/mol. The lowest BCUT2D eigenvalue weighted by molar-refractivity contribution is -0.386. The molecule has 2 heterocycles. The zero-order chi connectivity index (χ0) is 24.2. The zero-order valence-corrected chi connectivity index (χ0v) is 18.6. The molecule has 0 fully saturated rings. The standard InChI is InChI=1S/C22H18ClFN6O4/c1-14-11-21(27-29(14)12-15-16(23)5-4-6-17(15)24)25-22(31)18-9-10-28(26-18)13-34-20-8-3-2-7-19(20)30(32)33/h2-11H,12-13H2,1H3,(H,25,27,31). The highest BCUT2D eigenvalue weighted by molar-refractivity contribution is 6.31.